The first kappa shape index (κ1) is 14.5. The molecular weight excluding hydrogens is 236 g/mol. The van der Waals surface area contributed by atoms with Crippen LogP contribution in [-0.4, -0.2) is 43.8 Å². The van der Waals surface area contributed by atoms with Crippen molar-refractivity contribution in [3.63, 3.8) is 0 Å². The maximum atomic E-state index is 5.57. The van der Waals surface area contributed by atoms with Gasteiger partial charge in [-0.1, -0.05) is 30.3 Å². The fourth-order valence-corrected chi connectivity index (χ4v) is 2.65. The van der Waals surface area contributed by atoms with Crippen LogP contribution in [0.1, 0.15) is 31.9 Å². The van der Waals surface area contributed by atoms with Crippen LogP contribution in [0.25, 0.3) is 0 Å². The van der Waals surface area contributed by atoms with Gasteiger partial charge in [0.05, 0.1) is 6.61 Å². The fraction of sp³-hybridized carbons (Fsp3) is 0.625. The van der Waals surface area contributed by atoms with Gasteiger partial charge >= 0.3 is 0 Å². The van der Waals surface area contributed by atoms with Crippen LogP contribution in [0, 0.1) is 0 Å². The van der Waals surface area contributed by atoms with Gasteiger partial charge in [0, 0.05) is 25.2 Å². The van der Waals surface area contributed by atoms with E-state index >= 15 is 0 Å². The summed E-state index contributed by atoms with van der Waals surface area (Å²) in [5, 5.41) is 3.66. The van der Waals surface area contributed by atoms with Crippen molar-refractivity contribution in [2.75, 3.05) is 32.8 Å². The molecule has 1 aromatic rings. The normalized spacial score (nSPS) is 22.9. The van der Waals surface area contributed by atoms with Gasteiger partial charge in [-0.15, -0.1) is 0 Å². The lowest BCUT2D eigenvalue weighted by Gasteiger charge is -2.30. The standard InChI is InChI=1S/C16H26N2O/c1-3-19-13-14(2)18-11-7-10-17-16(12-18)15-8-5-4-6-9-15/h4-6,8-9,14,16-17H,3,7,10-13H2,1-2H3. The molecule has 0 aliphatic carbocycles. The van der Waals surface area contributed by atoms with Crippen molar-refractivity contribution in [1.82, 2.24) is 10.2 Å². The van der Waals surface area contributed by atoms with E-state index in [2.05, 4.69) is 54.4 Å². The molecule has 0 aromatic heterocycles. The second kappa shape index (κ2) is 7.63. The van der Waals surface area contributed by atoms with Crippen LogP contribution < -0.4 is 5.32 Å². The summed E-state index contributed by atoms with van der Waals surface area (Å²) in [5.74, 6) is 0. The lowest BCUT2D eigenvalue weighted by atomic mass is 10.1. The number of benzene rings is 1. The van der Waals surface area contributed by atoms with Crippen LogP contribution in [0.3, 0.4) is 0 Å². The van der Waals surface area contributed by atoms with Crippen molar-refractivity contribution >= 4 is 0 Å². The van der Waals surface area contributed by atoms with Crippen molar-refractivity contribution in [2.24, 2.45) is 0 Å². The molecule has 1 aromatic carbocycles. The maximum absolute atomic E-state index is 5.57. The molecule has 2 rings (SSSR count). The molecule has 0 radical (unpaired) electrons. The number of ether oxygens (including phenoxy) is 1. The third-order valence-corrected chi connectivity index (χ3v) is 3.82. The van der Waals surface area contributed by atoms with Crippen LogP contribution in [0.15, 0.2) is 30.3 Å². The van der Waals surface area contributed by atoms with Gasteiger partial charge in [-0.25, -0.2) is 0 Å². The van der Waals surface area contributed by atoms with Gasteiger partial charge in [0.15, 0.2) is 0 Å². The number of nitrogens with zero attached hydrogens (tertiary/aromatic N) is 1. The largest absolute Gasteiger partial charge is 0.380 e. The fourth-order valence-electron chi connectivity index (χ4n) is 2.65. The summed E-state index contributed by atoms with van der Waals surface area (Å²) < 4.78 is 5.57. The molecule has 0 bridgehead atoms. The number of rotatable bonds is 5. The second-order valence-electron chi connectivity index (χ2n) is 5.27. The second-order valence-corrected chi connectivity index (χ2v) is 5.27. The zero-order valence-electron chi connectivity index (χ0n) is 12.1. The minimum absolute atomic E-state index is 0.438. The summed E-state index contributed by atoms with van der Waals surface area (Å²) in [4.78, 5) is 2.55. The third kappa shape index (κ3) is 4.30. The molecule has 3 heteroatoms. The highest BCUT2D eigenvalue weighted by Gasteiger charge is 2.22. The van der Waals surface area contributed by atoms with Crippen LogP contribution in [0.5, 0.6) is 0 Å². The molecule has 1 saturated heterocycles. The van der Waals surface area contributed by atoms with Gasteiger partial charge in [-0.05, 0) is 38.9 Å². The summed E-state index contributed by atoms with van der Waals surface area (Å²) >= 11 is 0. The molecule has 2 atom stereocenters. The Bertz CT molecular complexity index is 355. The molecule has 19 heavy (non-hydrogen) atoms. The number of nitrogens with one attached hydrogen (secondary N) is 1. The van der Waals surface area contributed by atoms with Crippen LogP contribution in [0.2, 0.25) is 0 Å². The molecule has 1 fully saturated rings. The van der Waals surface area contributed by atoms with Crippen molar-refractivity contribution in [3.8, 4) is 0 Å². The smallest absolute Gasteiger partial charge is 0.0619 e. The minimum atomic E-state index is 0.438. The van der Waals surface area contributed by atoms with E-state index in [4.69, 9.17) is 4.74 Å². The zero-order chi connectivity index (χ0) is 13.5. The molecule has 0 saturated carbocycles. The average molecular weight is 262 g/mol. The monoisotopic (exact) mass is 262 g/mol. The first-order valence-corrected chi connectivity index (χ1v) is 7.41. The van der Waals surface area contributed by atoms with E-state index in [1.165, 1.54) is 12.0 Å². The van der Waals surface area contributed by atoms with E-state index in [-0.39, 0.29) is 0 Å². The van der Waals surface area contributed by atoms with Gasteiger partial charge in [-0.2, -0.15) is 0 Å². The molecular formula is C16H26N2O. The Morgan fingerprint density at radius 2 is 2.16 bits per heavy atom. The van der Waals surface area contributed by atoms with Crippen LogP contribution >= 0.6 is 0 Å². The highest BCUT2D eigenvalue weighted by molar-refractivity contribution is 5.19. The van der Waals surface area contributed by atoms with Crippen molar-refractivity contribution in [1.29, 1.82) is 0 Å². The quantitative estimate of drug-likeness (QED) is 0.882. The summed E-state index contributed by atoms with van der Waals surface area (Å²) in [5.41, 5.74) is 1.39. The van der Waals surface area contributed by atoms with Gasteiger partial charge in [0.25, 0.3) is 0 Å². The van der Waals surface area contributed by atoms with Gasteiger partial charge in [-0.3, -0.25) is 4.90 Å². The lowest BCUT2D eigenvalue weighted by Crippen LogP contribution is -2.40. The molecule has 1 heterocycles. The molecule has 1 aliphatic rings. The van der Waals surface area contributed by atoms with Gasteiger partial charge in [0.2, 0.25) is 0 Å². The third-order valence-electron chi connectivity index (χ3n) is 3.82. The molecule has 1 aliphatic heterocycles. The molecule has 3 nitrogen and oxygen atoms in total. The Kier molecular flexibility index (Phi) is 5.83. The van der Waals surface area contributed by atoms with Crippen molar-refractivity contribution in [2.45, 2.75) is 32.4 Å². The average Bonchev–Trinajstić information content (AvgIpc) is 2.71. The summed E-state index contributed by atoms with van der Waals surface area (Å²) in [7, 11) is 0. The van der Waals surface area contributed by atoms with E-state index < -0.39 is 0 Å². The topological polar surface area (TPSA) is 24.5 Å². The first-order valence-electron chi connectivity index (χ1n) is 7.41. The Morgan fingerprint density at radius 1 is 1.37 bits per heavy atom. The van der Waals surface area contributed by atoms with Gasteiger partial charge in [0.1, 0.15) is 0 Å². The molecule has 0 spiro atoms. The highest BCUT2D eigenvalue weighted by atomic mass is 16.5. The predicted octanol–water partition coefficient (Wildman–Crippen LogP) is 2.45. The van der Waals surface area contributed by atoms with E-state index in [0.29, 0.717) is 12.1 Å². The van der Waals surface area contributed by atoms with E-state index in [1.807, 2.05) is 0 Å². The Hall–Kier alpha value is -0.900. The Balaban J connectivity index is 1.98. The van der Waals surface area contributed by atoms with E-state index in [1.54, 1.807) is 0 Å². The molecule has 106 valence electrons. The summed E-state index contributed by atoms with van der Waals surface area (Å²) in [6.45, 7) is 9.28. The Labute approximate surface area is 116 Å². The SMILES string of the molecule is CCOCC(C)N1CCCNC(c2ccccc2)C1. The van der Waals surface area contributed by atoms with E-state index in [0.717, 1.165) is 32.8 Å². The molecule has 2 unspecified atom stereocenters. The summed E-state index contributed by atoms with van der Waals surface area (Å²) in [6, 6.07) is 11.7. The molecule has 1 N–H and O–H groups in total. The van der Waals surface area contributed by atoms with Crippen LogP contribution in [0.4, 0.5) is 0 Å². The first-order chi connectivity index (χ1) is 9.31. The van der Waals surface area contributed by atoms with Crippen molar-refractivity contribution in [3.05, 3.63) is 35.9 Å². The minimum Gasteiger partial charge on any atom is -0.380 e. The maximum Gasteiger partial charge on any atom is 0.0619 e. The molecule has 0 amide bonds. The summed E-state index contributed by atoms with van der Waals surface area (Å²) in [6.07, 6.45) is 1.21. The van der Waals surface area contributed by atoms with Crippen LogP contribution in [-0.2, 0) is 4.74 Å². The van der Waals surface area contributed by atoms with Gasteiger partial charge < -0.3 is 10.1 Å². The van der Waals surface area contributed by atoms with E-state index in [9.17, 15) is 0 Å². The number of hydrogen-bond acceptors (Lipinski definition) is 3. The lowest BCUT2D eigenvalue weighted by molar-refractivity contribution is 0.0725. The highest BCUT2D eigenvalue weighted by Crippen LogP contribution is 2.18. The Morgan fingerprint density at radius 3 is 2.89 bits per heavy atom. The number of hydrogen-bond donors (Lipinski definition) is 1. The van der Waals surface area contributed by atoms with Crippen molar-refractivity contribution < 1.29 is 4.74 Å². The zero-order valence-corrected chi connectivity index (χ0v) is 12.1. The predicted molar refractivity (Wildman–Crippen MR) is 79.3 cm³/mol.